The second-order valence-corrected chi connectivity index (χ2v) is 5.39. The molecule has 114 valence electrons. The van der Waals surface area contributed by atoms with E-state index in [2.05, 4.69) is 5.32 Å². The van der Waals surface area contributed by atoms with E-state index in [0.717, 1.165) is 5.75 Å². The zero-order valence-electron chi connectivity index (χ0n) is 12.2. The number of carboxylic acid groups (broad SMARTS) is 1. The Hall–Kier alpha value is -2.08. The maximum Gasteiger partial charge on any atom is 0.308 e. The van der Waals surface area contributed by atoms with E-state index >= 15 is 0 Å². The van der Waals surface area contributed by atoms with E-state index in [1.54, 1.807) is 31.4 Å². The zero-order valence-corrected chi connectivity index (χ0v) is 12.2. The van der Waals surface area contributed by atoms with Gasteiger partial charge in [0.15, 0.2) is 0 Å². The van der Waals surface area contributed by atoms with E-state index in [4.69, 9.17) is 9.84 Å². The van der Waals surface area contributed by atoms with Gasteiger partial charge in [-0.1, -0.05) is 6.92 Å². The van der Waals surface area contributed by atoms with Crippen molar-refractivity contribution in [2.24, 2.45) is 11.8 Å². The highest BCUT2D eigenvalue weighted by molar-refractivity contribution is 5.92. The Morgan fingerprint density at radius 2 is 2.00 bits per heavy atom. The largest absolute Gasteiger partial charge is 0.497 e. The molecule has 0 radical (unpaired) electrons. The molecule has 1 aromatic carbocycles. The zero-order chi connectivity index (χ0) is 15.4. The molecule has 21 heavy (non-hydrogen) atoms. The van der Waals surface area contributed by atoms with Crippen LogP contribution in [0.4, 0.5) is 5.69 Å². The molecule has 1 aromatic rings. The van der Waals surface area contributed by atoms with E-state index < -0.39 is 11.9 Å². The number of benzene rings is 1. The Morgan fingerprint density at radius 3 is 2.52 bits per heavy atom. The average Bonchev–Trinajstić information content (AvgIpc) is 2.80. The quantitative estimate of drug-likeness (QED) is 0.855. The van der Waals surface area contributed by atoms with Gasteiger partial charge in [-0.2, -0.15) is 0 Å². The molecule has 1 fully saturated rings. The molecule has 2 N–H and O–H groups in total. The summed E-state index contributed by atoms with van der Waals surface area (Å²) in [5, 5.41) is 11.9. The van der Waals surface area contributed by atoms with Crippen molar-refractivity contribution in [2.45, 2.75) is 6.92 Å². The van der Waals surface area contributed by atoms with Crippen LogP contribution >= 0.6 is 0 Å². The predicted octanol–water partition coefficient (Wildman–Crippen LogP) is 1.29. The topological polar surface area (TPSA) is 78.9 Å². The van der Waals surface area contributed by atoms with Crippen LogP contribution < -0.4 is 10.1 Å². The smallest absolute Gasteiger partial charge is 0.308 e. The molecule has 0 aromatic heterocycles. The first kappa shape index (κ1) is 15.3. The Morgan fingerprint density at radius 1 is 1.33 bits per heavy atom. The molecule has 0 bridgehead atoms. The Kier molecular flexibility index (Phi) is 4.80. The summed E-state index contributed by atoms with van der Waals surface area (Å²) in [5.74, 6) is -0.528. The molecule has 2 atom stereocenters. The third kappa shape index (κ3) is 3.95. The minimum atomic E-state index is -0.791. The summed E-state index contributed by atoms with van der Waals surface area (Å²) in [5.41, 5.74) is 0.697. The number of carbonyl (C=O) groups excluding carboxylic acids is 1. The maximum absolute atomic E-state index is 12.0. The van der Waals surface area contributed by atoms with Gasteiger partial charge in [0, 0.05) is 18.8 Å². The first-order valence-corrected chi connectivity index (χ1v) is 6.88. The van der Waals surface area contributed by atoms with Crippen molar-refractivity contribution in [3.05, 3.63) is 24.3 Å². The number of hydrogen-bond donors (Lipinski definition) is 2. The minimum absolute atomic E-state index is 0.0660. The molecule has 1 aliphatic rings. The molecule has 1 aliphatic heterocycles. The standard InChI is InChI=1S/C15H20N2O4/c1-10-7-17(8-13(10)15(19)20)9-14(18)16-11-3-5-12(21-2)6-4-11/h3-6,10,13H,7-9H2,1-2H3,(H,16,18)(H,19,20). The Balaban J connectivity index is 1.86. The van der Waals surface area contributed by atoms with Gasteiger partial charge in [-0.15, -0.1) is 0 Å². The van der Waals surface area contributed by atoms with Crippen molar-refractivity contribution < 1.29 is 19.4 Å². The number of aliphatic carboxylic acids is 1. The summed E-state index contributed by atoms with van der Waals surface area (Å²) in [4.78, 5) is 24.9. The average molecular weight is 292 g/mol. The van der Waals surface area contributed by atoms with Gasteiger partial charge in [0.05, 0.1) is 19.6 Å². The lowest BCUT2D eigenvalue weighted by Crippen LogP contribution is -2.32. The second-order valence-electron chi connectivity index (χ2n) is 5.39. The van der Waals surface area contributed by atoms with Gasteiger partial charge in [0.25, 0.3) is 0 Å². The van der Waals surface area contributed by atoms with Gasteiger partial charge in [-0.05, 0) is 30.2 Å². The minimum Gasteiger partial charge on any atom is -0.497 e. The second kappa shape index (κ2) is 6.58. The van der Waals surface area contributed by atoms with Crippen LogP contribution in [0.1, 0.15) is 6.92 Å². The SMILES string of the molecule is COc1ccc(NC(=O)CN2CC(C)C(C(=O)O)C2)cc1. The molecule has 2 unspecified atom stereocenters. The Bertz CT molecular complexity index is 515. The number of rotatable bonds is 5. The van der Waals surface area contributed by atoms with Crippen LogP contribution in [0.2, 0.25) is 0 Å². The maximum atomic E-state index is 12.0. The van der Waals surface area contributed by atoms with Crippen molar-refractivity contribution in [1.29, 1.82) is 0 Å². The highest BCUT2D eigenvalue weighted by atomic mass is 16.5. The van der Waals surface area contributed by atoms with Crippen molar-refractivity contribution in [1.82, 2.24) is 4.90 Å². The highest BCUT2D eigenvalue weighted by Gasteiger charge is 2.35. The third-order valence-electron chi connectivity index (χ3n) is 3.75. The van der Waals surface area contributed by atoms with E-state index in [0.29, 0.717) is 18.8 Å². The Labute approximate surface area is 123 Å². The van der Waals surface area contributed by atoms with Crippen molar-refractivity contribution in [3.8, 4) is 5.75 Å². The molecule has 0 saturated carbocycles. The number of likely N-dealkylation sites (tertiary alicyclic amines) is 1. The van der Waals surface area contributed by atoms with Crippen molar-refractivity contribution in [2.75, 3.05) is 32.1 Å². The number of methoxy groups -OCH3 is 1. The number of hydrogen-bond acceptors (Lipinski definition) is 4. The van der Waals surface area contributed by atoms with Crippen LogP contribution in [0.15, 0.2) is 24.3 Å². The van der Waals surface area contributed by atoms with Gasteiger partial charge in [0.1, 0.15) is 5.75 Å². The van der Waals surface area contributed by atoms with E-state index in [9.17, 15) is 9.59 Å². The van der Waals surface area contributed by atoms with Crippen LogP contribution in [0.3, 0.4) is 0 Å². The van der Waals surface area contributed by atoms with Gasteiger partial charge >= 0.3 is 5.97 Å². The van der Waals surface area contributed by atoms with Crippen LogP contribution in [-0.4, -0.2) is 48.6 Å². The predicted molar refractivity (Wildman–Crippen MR) is 78.4 cm³/mol. The molecule has 1 saturated heterocycles. The van der Waals surface area contributed by atoms with Gasteiger partial charge in [-0.3, -0.25) is 14.5 Å². The number of ether oxygens (including phenoxy) is 1. The number of carboxylic acids is 1. The van der Waals surface area contributed by atoms with Crippen molar-refractivity contribution >= 4 is 17.6 Å². The lowest BCUT2D eigenvalue weighted by atomic mass is 9.99. The van der Waals surface area contributed by atoms with E-state index in [1.165, 1.54) is 0 Å². The first-order chi connectivity index (χ1) is 9.99. The van der Waals surface area contributed by atoms with Gasteiger partial charge in [-0.25, -0.2) is 0 Å². The highest BCUT2D eigenvalue weighted by Crippen LogP contribution is 2.23. The molecule has 6 nitrogen and oxygen atoms in total. The number of nitrogens with one attached hydrogen (secondary N) is 1. The number of anilines is 1. The summed E-state index contributed by atoms with van der Waals surface area (Å²) in [7, 11) is 1.58. The monoisotopic (exact) mass is 292 g/mol. The fourth-order valence-electron chi connectivity index (χ4n) is 2.60. The van der Waals surface area contributed by atoms with Crippen LogP contribution in [-0.2, 0) is 9.59 Å². The lowest BCUT2D eigenvalue weighted by molar-refractivity contribution is -0.142. The summed E-state index contributed by atoms with van der Waals surface area (Å²) < 4.78 is 5.05. The van der Waals surface area contributed by atoms with Gasteiger partial charge in [0.2, 0.25) is 5.91 Å². The fourth-order valence-corrected chi connectivity index (χ4v) is 2.60. The van der Waals surface area contributed by atoms with E-state index in [1.807, 2.05) is 11.8 Å². The molecule has 1 heterocycles. The molecule has 6 heteroatoms. The number of nitrogens with zero attached hydrogens (tertiary/aromatic N) is 1. The normalized spacial score (nSPS) is 22.0. The molecule has 1 amide bonds. The van der Waals surface area contributed by atoms with E-state index in [-0.39, 0.29) is 18.4 Å². The molecular weight excluding hydrogens is 272 g/mol. The first-order valence-electron chi connectivity index (χ1n) is 6.88. The summed E-state index contributed by atoms with van der Waals surface area (Å²) in [6, 6.07) is 7.08. The van der Waals surface area contributed by atoms with Crippen LogP contribution in [0, 0.1) is 11.8 Å². The fraction of sp³-hybridized carbons (Fsp3) is 0.467. The summed E-state index contributed by atoms with van der Waals surface area (Å²) in [6.45, 7) is 3.17. The molecule has 0 aliphatic carbocycles. The molecule has 0 spiro atoms. The van der Waals surface area contributed by atoms with Crippen LogP contribution in [0.25, 0.3) is 0 Å². The summed E-state index contributed by atoms with van der Waals surface area (Å²) >= 11 is 0. The number of carbonyl (C=O) groups is 2. The molecule has 2 rings (SSSR count). The summed E-state index contributed by atoms with van der Waals surface area (Å²) in [6.07, 6.45) is 0. The molecular formula is C15H20N2O4. The van der Waals surface area contributed by atoms with Crippen molar-refractivity contribution in [3.63, 3.8) is 0 Å². The van der Waals surface area contributed by atoms with Gasteiger partial charge < -0.3 is 15.2 Å². The number of amides is 1. The third-order valence-corrected chi connectivity index (χ3v) is 3.75. The van der Waals surface area contributed by atoms with Crippen LogP contribution in [0.5, 0.6) is 5.75 Å². The lowest BCUT2D eigenvalue weighted by Gasteiger charge is -2.15.